The van der Waals surface area contributed by atoms with Crippen molar-refractivity contribution < 1.29 is 4.79 Å². The van der Waals surface area contributed by atoms with E-state index in [1.54, 1.807) is 0 Å². The van der Waals surface area contributed by atoms with Crippen molar-refractivity contribution in [2.75, 3.05) is 49.1 Å². The minimum atomic E-state index is 0. The van der Waals surface area contributed by atoms with Crippen molar-refractivity contribution in [2.45, 2.75) is 32.2 Å². The summed E-state index contributed by atoms with van der Waals surface area (Å²) in [5, 5.41) is 4.45. The van der Waals surface area contributed by atoms with Gasteiger partial charge in [0, 0.05) is 74.6 Å². The molecule has 10 heteroatoms. The zero-order valence-electron chi connectivity index (χ0n) is 14.5. The number of aromatic nitrogens is 2. The summed E-state index contributed by atoms with van der Waals surface area (Å²) >= 11 is 3.42. The zero-order valence-corrected chi connectivity index (χ0v) is 17.7. The van der Waals surface area contributed by atoms with Crippen LogP contribution in [0.4, 0.5) is 5.13 Å². The van der Waals surface area contributed by atoms with Crippen molar-refractivity contribution in [3.05, 3.63) is 5.82 Å². The molecule has 0 bridgehead atoms. The lowest BCUT2D eigenvalue weighted by molar-refractivity contribution is -0.131. The van der Waals surface area contributed by atoms with E-state index < -0.39 is 0 Å². The fourth-order valence-corrected chi connectivity index (χ4v) is 4.72. The summed E-state index contributed by atoms with van der Waals surface area (Å²) in [5.74, 6) is 3.42. The molecule has 2 aliphatic rings. The molecule has 1 N–H and O–H groups in total. The van der Waals surface area contributed by atoms with Crippen molar-refractivity contribution in [3.63, 3.8) is 0 Å². The molecule has 3 rings (SSSR count). The smallest absolute Gasteiger partial charge is 0.224 e. The van der Waals surface area contributed by atoms with E-state index in [9.17, 15) is 4.79 Å². The fourth-order valence-electron chi connectivity index (χ4n) is 2.97. The normalized spacial score (nSPS) is 21.1. The number of carbonyl (C=O) groups is 1. The molecule has 1 aromatic rings. The van der Waals surface area contributed by atoms with Crippen LogP contribution in [0.25, 0.3) is 0 Å². The van der Waals surface area contributed by atoms with Gasteiger partial charge >= 0.3 is 0 Å². The maximum absolute atomic E-state index is 12.5. The number of rotatable bonds is 4. The van der Waals surface area contributed by atoms with Gasteiger partial charge in [-0.05, 0) is 6.42 Å². The SMILES string of the molecule is CCc1nsc(N2CCCN(C(=O)CC3CSCCN3)CC2)n1.Cl.Cl. The summed E-state index contributed by atoms with van der Waals surface area (Å²) in [6.07, 6.45) is 2.51. The van der Waals surface area contributed by atoms with Gasteiger partial charge in [0.15, 0.2) is 0 Å². The second-order valence-electron chi connectivity index (χ2n) is 6.00. The van der Waals surface area contributed by atoms with Crippen LogP contribution in [0.2, 0.25) is 0 Å². The van der Waals surface area contributed by atoms with Crippen LogP contribution >= 0.6 is 48.1 Å². The van der Waals surface area contributed by atoms with Gasteiger partial charge in [-0.2, -0.15) is 16.1 Å². The molecule has 2 saturated heterocycles. The van der Waals surface area contributed by atoms with E-state index in [2.05, 4.69) is 26.5 Å². The number of hydrogen-bond acceptors (Lipinski definition) is 7. The maximum atomic E-state index is 12.5. The van der Waals surface area contributed by atoms with Crippen LogP contribution in [0, 0.1) is 0 Å². The summed E-state index contributed by atoms with van der Waals surface area (Å²) in [4.78, 5) is 21.4. The van der Waals surface area contributed by atoms with Crippen LogP contribution in [-0.2, 0) is 11.2 Å². The third kappa shape index (κ3) is 6.43. The number of nitrogens with one attached hydrogen (secondary N) is 1. The van der Waals surface area contributed by atoms with Crippen molar-refractivity contribution in [3.8, 4) is 0 Å². The third-order valence-corrected chi connectivity index (χ3v) is 6.26. The van der Waals surface area contributed by atoms with E-state index in [1.807, 2.05) is 16.7 Å². The first kappa shape index (κ1) is 22.8. The number of anilines is 1. The van der Waals surface area contributed by atoms with Crippen LogP contribution < -0.4 is 10.2 Å². The predicted octanol–water partition coefficient (Wildman–Crippen LogP) is 2.08. The van der Waals surface area contributed by atoms with Crippen molar-refractivity contribution >= 4 is 59.1 Å². The van der Waals surface area contributed by atoms with Crippen molar-refractivity contribution in [1.29, 1.82) is 0 Å². The van der Waals surface area contributed by atoms with E-state index >= 15 is 0 Å². The Kier molecular flexibility index (Phi) is 10.4. The summed E-state index contributed by atoms with van der Waals surface area (Å²) in [6, 6.07) is 0.343. The lowest BCUT2D eigenvalue weighted by Crippen LogP contribution is -2.43. The number of nitrogens with zero attached hydrogens (tertiary/aromatic N) is 4. The molecule has 0 spiro atoms. The molecule has 6 nitrogen and oxygen atoms in total. The highest BCUT2D eigenvalue weighted by atomic mass is 35.5. The van der Waals surface area contributed by atoms with Gasteiger partial charge in [0.2, 0.25) is 11.0 Å². The van der Waals surface area contributed by atoms with Crippen molar-refractivity contribution in [1.82, 2.24) is 19.6 Å². The number of hydrogen-bond donors (Lipinski definition) is 1. The molecular formula is C15H27Cl2N5OS2. The lowest BCUT2D eigenvalue weighted by atomic mass is 10.2. The minimum Gasteiger partial charge on any atom is -0.345 e. The summed E-state index contributed by atoms with van der Waals surface area (Å²) in [6.45, 7) is 6.56. The van der Waals surface area contributed by atoms with Gasteiger partial charge in [-0.3, -0.25) is 4.79 Å². The Hall–Kier alpha value is -0.280. The highest BCUT2D eigenvalue weighted by Crippen LogP contribution is 2.20. The lowest BCUT2D eigenvalue weighted by Gasteiger charge is -2.26. The molecule has 0 saturated carbocycles. The van der Waals surface area contributed by atoms with Gasteiger partial charge in [0.25, 0.3) is 0 Å². The summed E-state index contributed by atoms with van der Waals surface area (Å²) in [5.41, 5.74) is 0. The van der Waals surface area contributed by atoms with Gasteiger partial charge in [0.1, 0.15) is 5.82 Å². The molecule has 1 aromatic heterocycles. The molecule has 0 aromatic carbocycles. The number of thioether (sulfide) groups is 1. The molecule has 1 amide bonds. The van der Waals surface area contributed by atoms with E-state index in [4.69, 9.17) is 0 Å². The Morgan fingerprint density at radius 2 is 2.12 bits per heavy atom. The van der Waals surface area contributed by atoms with Gasteiger partial charge in [-0.1, -0.05) is 6.92 Å². The van der Waals surface area contributed by atoms with Gasteiger partial charge < -0.3 is 15.1 Å². The van der Waals surface area contributed by atoms with Gasteiger partial charge in [-0.25, -0.2) is 4.98 Å². The summed E-state index contributed by atoms with van der Waals surface area (Å²) < 4.78 is 4.37. The first-order valence-electron chi connectivity index (χ1n) is 8.42. The van der Waals surface area contributed by atoms with Crippen LogP contribution in [-0.4, -0.2) is 70.4 Å². The molecule has 3 heterocycles. The van der Waals surface area contributed by atoms with E-state index in [1.165, 1.54) is 11.5 Å². The molecule has 1 unspecified atom stereocenters. The Bertz CT molecular complexity index is 528. The molecule has 2 fully saturated rings. The van der Waals surface area contributed by atoms with Crippen LogP contribution in [0.1, 0.15) is 25.6 Å². The molecule has 1 atom stereocenters. The maximum Gasteiger partial charge on any atom is 0.224 e. The number of amides is 1. The van der Waals surface area contributed by atoms with Crippen molar-refractivity contribution in [2.24, 2.45) is 0 Å². The number of aryl methyl sites for hydroxylation is 1. The van der Waals surface area contributed by atoms with Crippen LogP contribution in [0.5, 0.6) is 0 Å². The average molecular weight is 428 g/mol. The predicted molar refractivity (Wildman–Crippen MR) is 111 cm³/mol. The molecule has 144 valence electrons. The van der Waals surface area contributed by atoms with E-state index in [0.29, 0.717) is 18.4 Å². The standard InChI is InChI=1S/C15H25N5OS2.2ClH/c1-2-13-17-15(23-18-13)20-6-3-5-19(7-8-20)14(21)10-12-11-22-9-4-16-12;;/h12,16H,2-11H2,1H3;2*1H. The second-order valence-corrected chi connectivity index (χ2v) is 7.88. The summed E-state index contributed by atoms with van der Waals surface area (Å²) in [7, 11) is 0. The first-order chi connectivity index (χ1) is 11.3. The number of halogens is 2. The first-order valence-corrected chi connectivity index (χ1v) is 10.4. The third-order valence-electron chi connectivity index (χ3n) is 4.31. The van der Waals surface area contributed by atoms with E-state index in [0.717, 1.165) is 68.0 Å². The van der Waals surface area contributed by atoms with Crippen LogP contribution in [0.3, 0.4) is 0 Å². The number of carbonyl (C=O) groups excluding carboxylic acids is 1. The second kappa shape index (κ2) is 11.4. The Morgan fingerprint density at radius 3 is 2.80 bits per heavy atom. The van der Waals surface area contributed by atoms with E-state index in [-0.39, 0.29) is 24.8 Å². The topological polar surface area (TPSA) is 61.4 Å². The Morgan fingerprint density at radius 1 is 1.28 bits per heavy atom. The molecule has 0 radical (unpaired) electrons. The van der Waals surface area contributed by atoms with Gasteiger partial charge in [-0.15, -0.1) is 24.8 Å². The average Bonchev–Trinajstić information content (AvgIpc) is 2.92. The van der Waals surface area contributed by atoms with Crippen LogP contribution in [0.15, 0.2) is 0 Å². The fraction of sp³-hybridized carbons (Fsp3) is 0.800. The zero-order chi connectivity index (χ0) is 16.1. The minimum absolute atomic E-state index is 0. The monoisotopic (exact) mass is 427 g/mol. The molecule has 25 heavy (non-hydrogen) atoms. The quantitative estimate of drug-likeness (QED) is 0.793. The Balaban J connectivity index is 0.00000156. The highest BCUT2D eigenvalue weighted by Gasteiger charge is 2.24. The molecule has 0 aliphatic carbocycles. The highest BCUT2D eigenvalue weighted by molar-refractivity contribution is 7.99. The Labute approximate surface area is 170 Å². The molecule has 2 aliphatic heterocycles. The van der Waals surface area contributed by atoms with Gasteiger partial charge in [0.05, 0.1) is 0 Å². The molecular weight excluding hydrogens is 401 g/mol. The largest absolute Gasteiger partial charge is 0.345 e.